The van der Waals surface area contributed by atoms with Crippen LogP contribution in [0.25, 0.3) is 5.57 Å². The number of fused-ring (bicyclic) bond motifs is 3. The maximum Gasteiger partial charge on any atom is 0.325 e. The number of urea groups is 1. The molecule has 1 aromatic carbocycles. The molecule has 4 nitrogen and oxygen atoms in total. The Morgan fingerprint density at radius 3 is 2.86 bits per heavy atom. The highest BCUT2D eigenvalue weighted by molar-refractivity contribution is 6.31. The van der Waals surface area contributed by atoms with E-state index < -0.39 is 0 Å². The topological polar surface area (TPSA) is 36.4 Å². The summed E-state index contributed by atoms with van der Waals surface area (Å²) in [5, 5.41) is 0.565. The van der Waals surface area contributed by atoms with E-state index >= 15 is 0 Å². The predicted molar refractivity (Wildman–Crippen MR) is 113 cm³/mol. The van der Waals surface area contributed by atoms with Crippen molar-refractivity contribution in [1.29, 1.82) is 0 Å². The average Bonchev–Trinajstić information content (AvgIpc) is 2.96. The van der Waals surface area contributed by atoms with Crippen LogP contribution in [0.5, 0.6) is 0 Å². The number of para-hydroxylation sites is 1. The number of hydrogen-bond donors (Lipinski definition) is 0. The van der Waals surface area contributed by atoms with E-state index in [4.69, 9.17) is 11.6 Å². The molecule has 1 aromatic heterocycles. The third kappa shape index (κ3) is 2.91. The molecule has 3 aliphatic rings. The highest BCUT2D eigenvalue weighted by atomic mass is 35.5. The molecule has 0 N–H and O–H groups in total. The first kappa shape index (κ1) is 17.7. The lowest BCUT2D eigenvalue weighted by Gasteiger charge is -2.39. The fourth-order valence-corrected chi connectivity index (χ4v) is 5.28. The highest BCUT2D eigenvalue weighted by Gasteiger charge is 2.42. The molecule has 0 spiro atoms. The van der Waals surface area contributed by atoms with Crippen LogP contribution in [0, 0.1) is 6.92 Å². The van der Waals surface area contributed by atoms with E-state index in [1.807, 2.05) is 24.0 Å². The van der Waals surface area contributed by atoms with Gasteiger partial charge in [-0.05, 0) is 68.4 Å². The van der Waals surface area contributed by atoms with Crippen molar-refractivity contribution in [2.24, 2.45) is 0 Å². The van der Waals surface area contributed by atoms with Crippen molar-refractivity contribution in [3.63, 3.8) is 0 Å². The molecule has 3 aliphatic heterocycles. The number of halogens is 1. The number of hydrogen-bond acceptors (Lipinski definition) is 2. The fourth-order valence-electron chi connectivity index (χ4n) is 4.96. The van der Waals surface area contributed by atoms with Crippen LogP contribution in [0.1, 0.15) is 42.5 Å². The van der Waals surface area contributed by atoms with E-state index in [1.165, 1.54) is 11.1 Å². The number of pyridine rings is 1. The van der Waals surface area contributed by atoms with Gasteiger partial charge in [0.05, 0.1) is 6.04 Å². The van der Waals surface area contributed by atoms with Crippen LogP contribution in [0.3, 0.4) is 0 Å². The summed E-state index contributed by atoms with van der Waals surface area (Å²) in [6, 6.07) is 12.9. The number of carbonyl (C=O) groups is 1. The molecule has 1 saturated heterocycles. The Labute approximate surface area is 170 Å². The van der Waals surface area contributed by atoms with Gasteiger partial charge in [-0.1, -0.05) is 35.9 Å². The summed E-state index contributed by atoms with van der Waals surface area (Å²) in [4.78, 5) is 22.0. The molecule has 0 saturated carbocycles. The summed E-state index contributed by atoms with van der Waals surface area (Å²) in [6.45, 7) is 2.75. The third-order valence-corrected chi connectivity index (χ3v) is 6.58. The molecule has 144 valence electrons. The van der Waals surface area contributed by atoms with Crippen molar-refractivity contribution in [2.75, 3.05) is 11.4 Å². The number of carbonyl (C=O) groups excluding carboxylic acids is 1. The van der Waals surface area contributed by atoms with Gasteiger partial charge in [-0.2, -0.15) is 0 Å². The molecule has 2 bridgehead atoms. The van der Waals surface area contributed by atoms with Gasteiger partial charge < -0.3 is 4.90 Å². The van der Waals surface area contributed by atoms with Crippen molar-refractivity contribution < 1.29 is 4.79 Å². The molecule has 4 heterocycles. The van der Waals surface area contributed by atoms with Crippen molar-refractivity contribution in [3.8, 4) is 0 Å². The SMILES string of the molecule is Cc1ccc(C2=CC3CCC(C2)N3C(=O)N2CCCc3ccccc32)c(Cl)n1. The van der Waals surface area contributed by atoms with E-state index in [0.29, 0.717) is 5.15 Å². The minimum Gasteiger partial charge on any atom is -0.315 e. The first-order chi connectivity index (χ1) is 13.6. The zero-order chi connectivity index (χ0) is 19.3. The third-order valence-electron chi connectivity index (χ3n) is 6.29. The largest absolute Gasteiger partial charge is 0.325 e. The Bertz CT molecular complexity index is 970. The Morgan fingerprint density at radius 1 is 1.18 bits per heavy atom. The fraction of sp³-hybridized carbons (Fsp3) is 0.391. The molecular weight excluding hydrogens is 370 g/mol. The molecule has 2 aromatic rings. The number of nitrogens with zero attached hydrogens (tertiary/aromatic N) is 3. The first-order valence-electron chi connectivity index (χ1n) is 10.1. The zero-order valence-corrected chi connectivity index (χ0v) is 16.8. The summed E-state index contributed by atoms with van der Waals surface area (Å²) in [7, 11) is 0. The second kappa shape index (κ2) is 6.93. The number of amides is 2. The predicted octanol–water partition coefficient (Wildman–Crippen LogP) is 5.24. The van der Waals surface area contributed by atoms with E-state index in [9.17, 15) is 4.79 Å². The van der Waals surface area contributed by atoms with Crippen LogP contribution >= 0.6 is 11.6 Å². The highest BCUT2D eigenvalue weighted by Crippen LogP contribution is 2.41. The average molecular weight is 394 g/mol. The van der Waals surface area contributed by atoms with Crippen molar-refractivity contribution >= 4 is 28.9 Å². The zero-order valence-electron chi connectivity index (χ0n) is 16.1. The molecule has 1 fully saturated rings. The Balaban J connectivity index is 1.44. The van der Waals surface area contributed by atoms with Gasteiger partial charge in [-0.25, -0.2) is 9.78 Å². The van der Waals surface area contributed by atoms with Crippen molar-refractivity contribution in [3.05, 3.63) is 64.4 Å². The summed E-state index contributed by atoms with van der Waals surface area (Å²) in [6.07, 6.45) is 7.24. The number of rotatable bonds is 1. The van der Waals surface area contributed by atoms with Gasteiger partial charge in [0.25, 0.3) is 0 Å². The second-order valence-corrected chi connectivity index (χ2v) is 8.42. The second-order valence-electron chi connectivity index (χ2n) is 8.06. The van der Waals surface area contributed by atoms with Gasteiger partial charge in [-0.3, -0.25) is 4.90 Å². The number of benzene rings is 1. The maximum absolute atomic E-state index is 13.5. The molecule has 5 heteroatoms. The summed E-state index contributed by atoms with van der Waals surface area (Å²) < 4.78 is 0. The monoisotopic (exact) mass is 393 g/mol. The van der Waals surface area contributed by atoms with Gasteiger partial charge in [0, 0.05) is 29.5 Å². The van der Waals surface area contributed by atoms with E-state index in [1.54, 1.807) is 0 Å². The summed E-state index contributed by atoms with van der Waals surface area (Å²) in [5.74, 6) is 0. The Kier molecular flexibility index (Phi) is 4.39. The summed E-state index contributed by atoms with van der Waals surface area (Å²) in [5.41, 5.74) is 5.53. The first-order valence-corrected chi connectivity index (χ1v) is 10.5. The van der Waals surface area contributed by atoms with Crippen LogP contribution in [0.15, 0.2) is 42.5 Å². The van der Waals surface area contributed by atoms with Crippen LogP contribution in [0.2, 0.25) is 5.15 Å². The van der Waals surface area contributed by atoms with E-state index in [2.05, 4.69) is 40.2 Å². The normalized spacial score (nSPS) is 23.4. The van der Waals surface area contributed by atoms with Gasteiger partial charge in [-0.15, -0.1) is 0 Å². The van der Waals surface area contributed by atoms with Crippen LogP contribution in [-0.4, -0.2) is 34.5 Å². The number of anilines is 1. The van der Waals surface area contributed by atoms with E-state index in [0.717, 1.165) is 55.6 Å². The van der Waals surface area contributed by atoms with Crippen molar-refractivity contribution in [2.45, 2.75) is 51.1 Å². The van der Waals surface area contributed by atoms with Gasteiger partial charge in [0.2, 0.25) is 0 Å². The molecule has 0 radical (unpaired) electrons. The molecule has 2 atom stereocenters. The molecule has 28 heavy (non-hydrogen) atoms. The Hall–Kier alpha value is -2.33. The molecular formula is C23H24ClN3O. The quantitative estimate of drug-likeness (QED) is 0.621. The van der Waals surface area contributed by atoms with Crippen molar-refractivity contribution in [1.82, 2.24) is 9.88 Å². The molecule has 5 rings (SSSR count). The number of aryl methyl sites for hydroxylation is 2. The maximum atomic E-state index is 13.5. The lowest BCUT2D eigenvalue weighted by Crippen LogP contribution is -2.51. The standard InChI is InChI=1S/C23H24ClN3O/c1-15-8-11-20(22(24)25-15)17-13-18-9-10-19(14-17)27(18)23(28)26-12-4-6-16-5-2-3-7-21(16)26/h2-3,5,7-8,11,13,18-19H,4,6,9-10,12,14H2,1H3. The number of aromatic nitrogens is 1. The summed E-state index contributed by atoms with van der Waals surface area (Å²) >= 11 is 6.41. The van der Waals surface area contributed by atoms with Gasteiger partial charge in [0.1, 0.15) is 5.15 Å². The molecule has 0 aliphatic carbocycles. The lowest BCUT2D eigenvalue weighted by molar-refractivity contribution is 0.186. The van der Waals surface area contributed by atoms with Crippen LogP contribution < -0.4 is 4.90 Å². The smallest absolute Gasteiger partial charge is 0.315 e. The Morgan fingerprint density at radius 2 is 2.04 bits per heavy atom. The van der Waals surface area contributed by atoms with E-state index in [-0.39, 0.29) is 18.1 Å². The van der Waals surface area contributed by atoms with Crippen LogP contribution in [0.4, 0.5) is 10.5 Å². The minimum absolute atomic E-state index is 0.146. The molecule has 2 amide bonds. The van der Waals surface area contributed by atoms with Gasteiger partial charge in [0.15, 0.2) is 0 Å². The molecule has 2 unspecified atom stereocenters. The van der Waals surface area contributed by atoms with Gasteiger partial charge >= 0.3 is 6.03 Å². The lowest BCUT2D eigenvalue weighted by atomic mass is 9.95. The van der Waals surface area contributed by atoms with Crippen LogP contribution in [-0.2, 0) is 6.42 Å². The minimum atomic E-state index is 0.146.